The number of benzene rings is 1. The molecule has 0 bridgehead atoms. The molecule has 8 heteroatoms. The number of pyridine rings is 1. The molecule has 1 saturated heterocycles. The lowest BCUT2D eigenvalue weighted by atomic mass is 10.00. The molecule has 0 unspecified atom stereocenters. The van der Waals surface area contributed by atoms with E-state index in [9.17, 15) is 15.3 Å². The highest BCUT2D eigenvalue weighted by molar-refractivity contribution is 7.99. The van der Waals surface area contributed by atoms with Gasteiger partial charge in [0.1, 0.15) is 23.0 Å². The third kappa shape index (κ3) is 3.79. The van der Waals surface area contributed by atoms with Gasteiger partial charge >= 0.3 is 0 Å². The first-order chi connectivity index (χ1) is 13.5. The first-order valence-corrected chi connectivity index (χ1v) is 9.71. The van der Waals surface area contributed by atoms with Crippen molar-refractivity contribution in [1.82, 2.24) is 4.98 Å². The number of aromatic nitrogens is 1. The highest BCUT2D eigenvalue weighted by Gasteiger charge is 2.30. The lowest BCUT2D eigenvalue weighted by Crippen LogP contribution is -2.56. The number of rotatable bonds is 6. The van der Waals surface area contributed by atoms with Gasteiger partial charge in [0.25, 0.3) is 0 Å². The zero-order valence-corrected chi connectivity index (χ0v) is 16.3. The fraction of sp³-hybridized carbons (Fsp3) is 0.300. The van der Waals surface area contributed by atoms with Gasteiger partial charge < -0.3 is 16.4 Å². The van der Waals surface area contributed by atoms with E-state index in [1.165, 1.54) is 11.8 Å². The second-order valence-electron chi connectivity index (χ2n) is 6.56. The van der Waals surface area contributed by atoms with Crippen LogP contribution in [0.4, 0.5) is 5.82 Å². The molecule has 0 spiro atoms. The number of hydrogen-bond donors (Lipinski definition) is 2. The molecule has 3 rings (SSSR count). The van der Waals surface area contributed by atoms with Crippen LogP contribution in [0.25, 0.3) is 0 Å². The van der Waals surface area contributed by atoms with Gasteiger partial charge in [-0.1, -0.05) is 36.9 Å². The predicted octanol–water partition coefficient (Wildman–Crippen LogP) is 1.71. The van der Waals surface area contributed by atoms with Crippen LogP contribution in [0.1, 0.15) is 29.2 Å². The maximum absolute atomic E-state index is 11.4. The molecule has 1 fully saturated rings. The van der Waals surface area contributed by atoms with Crippen LogP contribution in [0.2, 0.25) is 0 Å². The first kappa shape index (κ1) is 19.7. The quantitative estimate of drug-likeness (QED) is 0.764. The van der Waals surface area contributed by atoms with E-state index < -0.39 is 5.91 Å². The van der Waals surface area contributed by atoms with E-state index in [-0.39, 0.29) is 12.5 Å². The van der Waals surface area contributed by atoms with Crippen molar-refractivity contribution in [3.63, 3.8) is 0 Å². The zero-order chi connectivity index (χ0) is 20.3. The number of hydrogen-bond acceptors (Lipinski definition) is 7. The molecule has 7 nitrogen and oxygen atoms in total. The van der Waals surface area contributed by atoms with Crippen molar-refractivity contribution < 1.29 is 4.79 Å². The Morgan fingerprint density at radius 1 is 1.29 bits per heavy atom. The Hall–Kier alpha value is -3.07. The molecule has 142 valence electrons. The maximum atomic E-state index is 11.4. The fourth-order valence-electron chi connectivity index (χ4n) is 3.21. The maximum Gasteiger partial charge on any atom is 0.221 e. The topological polar surface area (TPSA) is 133 Å². The van der Waals surface area contributed by atoms with Crippen molar-refractivity contribution in [2.45, 2.75) is 35.7 Å². The highest BCUT2D eigenvalue weighted by atomic mass is 32.2. The van der Waals surface area contributed by atoms with Gasteiger partial charge in [0.05, 0.1) is 17.5 Å². The van der Waals surface area contributed by atoms with Gasteiger partial charge in [-0.2, -0.15) is 10.5 Å². The van der Waals surface area contributed by atoms with Crippen LogP contribution in [0.15, 0.2) is 34.2 Å². The number of amides is 1. The van der Waals surface area contributed by atoms with Gasteiger partial charge in [-0.05, 0) is 23.6 Å². The minimum atomic E-state index is -0.425. The zero-order valence-electron chi connectivity index (χ0n) is 15.5. The van der Waals surface area contributed by atoms with Crippen molar-refractivity contribution in [2.75, 3.05) is 18.0 Å². The van der Waals surface area contributed by atoms with Crippen molar-refractivity contribution in [3.05, 3.63) is 46.5 Å². The fourth-order valence-corrected chi connectivity index (χ4v) is 4.24. The molecule has 0 atom stereocenters. The van der Waals surface area contributed by atoms with Crippen molar-refractivity contribution in [2.24, 2.45) is 11.5 Å². The third-order valence-electron chi connectivity index (χ3n) is 4.58. The van der Waals surface area contributed by atoms with Crippen LogP contribution in [0, 0.1) is 22.7 Å². The SMILES string of the molecule is CCc1c(C#N)c(Sc2ccccc2CC(N)=O)nc(N2CC(N)C2)c1C#N. The monoisotopic (exact) mass is 392 g/mol. The highest BCUT2D eigenvalue weighted by Crippen LogP contribution is 2.37. The second-order valence-corrected chi connectivity index (χ2v) is 7.59. The Balaban J connectivity index is 2.11. The van der Waals surface area contributed by atoms with Crippen LogP contribution < -0.4 is 16.4 Å². The summed E-state index contributed by atoms with van der Waals surface area (Å²) in [4.78, 5) is 18.8. The van der Waals surface area contributed by atoms with Gasteiger partial charge in [-0.15, -0.1) is 0 Å². The predicted molar refractivity (Wildman–Crippen MR) is 107 cm³/mol. The normalized spacial score (nSPS) is 13.5. The molecule has 4 N–H and O–H groups in total. The average Bonchev–Trinajstić information content (AvgIpc) is 2.65. The number of primary amides is 1. The minimum Gasteiger partial charge on any atom is -0.369 e. The van der Waals surface area contributed by atoms with Gasteiger partial charge in [-0.3, -0.25) is 4.79 Å². The Morgan fingerprint density at radius 2 is 1.96 bits per heavy atom. The van der Waals surface area contributed by atoms with Crippen LogP contribution in [0.5, 0.6) is 0 Å². The first-order valence-electron chi connectivity index (χ1n) is 8.90. The molecule has 1 aromatic heterocycles. The van der Waals surface area contributed by atoms with Crippen LogP contribution in [0.3, 0.4) is 0 Å². The van der Waals surface area contributed by atoms with E-state index in [0.717, 1.165) is 10.5 Å². The Labute approximate surface area is 167 Å². The smallest absolute Gasteiger partial charge is 0.221 e. The molecule has 1 aliphatic rings. The molecular formula is C20H20N6OS. The molecule has 1 aliphatic heterocycles. The number of nitrogens with two attached hydrogens (primary N) is 2. The minimum absolute atomic E-state index is 0.0569. The molecular weight excluding hydrogens is 372 g/mol. The lowest BCUT2D eigenvalue weighted by Gasteiger charge is -2.38. The summed E-state index contributed by atoms with van der Waals surface area (Å²) in [6.45, 7) is 3.16. The van der Waals surface area contributed by atoms with Gasteiger partial charge in [-0.25, -0.2) is 4.98 Å². The van der Waals surface area contributed by atoms with E-state index >= 15 is 0 Å². The van der Waals surface area contributed by atoms with Crippen LogP contribution >= 0.6 is 11.8 Å². The summed E-state index contributed by atoms with van der Waals surface area (Å²) in [6.07, 6.45) is 0.646. The Morgan fingerprint density at radius 3 is 2.54 bits per heavy atom. The van der Waals surface area contributed by atoms with Crippen LogP contribution in [-0.2, 0) is 17.6 Å². The van der Waals surface area contributed by atoms with Gasteiger partial charge in [0.15, 0.2) is 0 Å². The van der Waals surface area contributed by atoms with Gasteiger partial charge in [0.2, 0.25) is 5.91 Å². The number of nitriles is 2. The summed E-state index contributed by atoms with van der Waals surface area (Å²) < 4.78 is 0. The summed E-state index contributed by atoms with van der Waals surface area (Å²) in [5, 5.41) is 20.0. The number of carbonyl (C=O) groups excluding carboxylic acids is 1. The molecule has 0 radical (unpaired) electrons. The summed E-state index contributed by atoms with van der Waals surface area (Å²) >= 11 is 1.31. The lowest BCUT2D eigenvalue weighted by molar-refractivity contribution is -0.117. The van der Waals surface area contributed by atoms with E-state index in [1.54, 1.807) is 0 Å². The van der Waals surface area contributed by atoms with Crippen LogP contribution in [-0.4, -0.2) is 30.0 Å². The van der Waals surface area contributed by atoms with Crippen molar-refractivity contribution in [1.29, 1.82) is 10.5 Å². The van der Waals surface area contributed by atoms with Gasteiger partial charge in [0, 0.05) is 24.0 Å². The molecule has 2 aromatic rings. The van der Waals surface area contributed by atoms with E-state index in [1.807, 2.05) is 36.1 Å². The third-order valence-corrected chi connectivity index (χ3v) is 5.69. The average molecular weight is 392 g/mol. The molecule has 2 heterocycles. The van der Waals surface area contributed by atoms with Crippen molar-refractivity contribution >= 4 is 23.5 Å². The molecule has 0 aliphatic carbocycles. The second kappa shape index (κ2) is 8.30. The number of carbonyl (C=O) groups is 1. The summed E-state index contributed by atoms with van der Waals surface area (Å²) in [6, 6.07) is 11.9. The Bertz CT molecular complexity index is 1000. The molecule has 28 heavy (non-hydrogen) atoms. The molecule has 1 amide bonds. The Kier molecular flexibility index (Phi) is 5.84. The standard InChI is InChI=1S/C20H20N6OS/c1-2-14-15(8-21)19(26-10-13(23)11-26)25-20(16(14)9-22)28-17-6-4-3-5-12(17)7-18(24)27/h3-6,13H,2,7,10-11,23H2,1H3,(H2,24,27). The number of nitrogens with zero attached hydrogens (tertiary/aromatic N) is 4. The molecule has 0 saturated carbocycles. The van der Waals surface area contributed by atoms with E-state index in [0.29, 0.717) is 47.0 Å². The van der Waals surface area contributed by atoms with E-state index in [4.69, 9.17) is 11.5 Å². The summed E-state index contributed by atoms with van der Waals surface area (Å²) in [5.74, 6) is 0.140. The molecule has 1 aromatic carbocycles. The number of anilines is 1. The van der Waals surface area contributed by atoms with E-state index in [2.05, 4.69) is 17.1 Å². The summed E-state index contributed by atoms with van der Waals surface area (Å²) in [7, 11) is 0. The summed E-state index contributed by atoms with van der Waals surface area (Å²) in [5.41, 5.74) is 13.5. The van der Waals surface area contributed by atoms with Crippen molar-refractivity contribution in [3.8, 4) is 12.1 Å². The largest absolute Gasteiger partial charge is 0.369 e.